The van der Waals surface area contributed by atoms with Crippen LogP contribution < -0.4 is 5.32 Å². The molecule has 0 aliphatic rings. The molecule has 0 aliphatic heterocycles. The van der Waals surface area contributed by atoms with Gasteiger partial charge < -0.3 is 14.7 Å². The third-order valence-corrected chi connectivity index (χ3v) is 4.62. The fraction of sp³-hybridized carbons (Fsp3) is 0.550. The molecule has 0 bridgehead atoms. The lowest BCUT2D eigenvalue weighted by Crippen LogP contribution is -2.53. The number of aliphatic carboxylic acids is 1. The van der Waals surface area contributed by atoms with Crippen molar-refractivity contribution < 1.29 is 24.2 Å². The Morgan fingerprint density at radius 2 is 1.71 bits per heavy atom. The number of carboxylic acid groups (broad SMARTS) is 1. The Hall–Kier alpha value is -2.09. The number of amides is 2. The molecule has 28 heavy (non-hydrogen) atoms. The van der Waals surface area contributed by atoms with Gasteiger partial charge in [0, 0.05) is 17.2 Å². The number of hydrogen-bond acceptors (Lipinski definition) is 4. The second-order valence-electron chi connectivity index (χ2n) is 8.21. The SMILES string of the molecule is CC(C)C[C@H](OC(=O)Nc1ccc(Br)cc1)C(=O)N(C)C(C(=O)O)C(C)(C)C. The highest BCUT2D eigenvalue weighted by molar-refractivity contribution is 9.10. The molecule has 0 saturated heterocycles. The van der Waals surface area contributed by atoms with Crippen molar-refractivity contribution in [2.75, 3.05) is 12.4 Å². The van der Waals surface area contributed by atoms with Gasteiger partial charge in [0.2, 0.25) is 0 Å². The van der Waals surface area contributed by atoms with Crippen molar-refractivity contribution in [2.45, 2.75) is 53.2 Å². The van der Waals surface area contributed by atoms with Gasteiger partial charge in [-0.1, -0.05) is 50.5 Å². The molecule has 7 nitrogen and oxygen atoms in total. The first kappa shape index (κ1) is 23.9. The van der Waals surface area contributed by atoms with Crippen molar-refractivity contribution >= 4 is 39.6 Å². The third kappa shape index (κ3) is 7.14. The van der Waals surface area contributed by atoms with Crippen LogP contribution in [0.4, 0.5) is 10.5 Å². The highest BCUT2D eigenvalue weighted by Gasteiger charge is 2.40. The summed E-state index contributed by atoms with van der Waals surface area (Å²) in [5.74, 6) is -1.58. The molecule has 1 rings (SSSR count). The maximum Gasteiger partial charge on any atom is 0.412 e. The molecule has 1 aromatic rings. The lowest BCUT2D eigenvalue weighted by atomic mass is 9.85. The largest absolute Gasteiger partial charge is 0.480 e. The maximum atomic E-state index is 13.0. The zero-order valence-corrected chi connectivity index (χ0v) is 18.7. The van der Waals surface area contributed by atoms with Crippen molar-refractivity contribution in [1.82, 2.24) is 4.90 Å². The van der Waals surface area contributed by atoms with E-state index in [1.807, 2.05) is 13.8 Å². The Morgan fingerprint density at radius 3 is 2.14 bits per heavy atom. The van der Waals surface area contributed by atoms with Crippen LogP contribution in [0.2, 0.25) is 0 Å². The Balaban J connectivity index is 2.96. The minimum Gasteiger partial charge on any atom is -0.480 e. The number of benzene rings is 1. The monoisotopic (exact) mass is 456 g/mol. The molecule has 8 heteroatoms. The van der Waals surface area contributed by atoms with Gasteiger partial charge in [0.25, 0.3) is 5.91 Å². The second-order valence-corrected chi connectivity index (χ2v) is 9.13. The van der Waals surface area contributed by atoms with Crippen molar-refractivity contribution in [1.29, 1.82) is 0 Å². The topological polar surface area (TPSA) is 95.9 Å². The second kappa shape index (κ2) is 9.91. The molecule has 1 aromatic carbocycles. The van der Waals surface area contributed by atoms with Crippen LogP contribution >= 0.6 is 15.9 Å². The zero-order valence-electron chi connectivity index (χ0n) is 17.2. The fourth-order valence-electron chi connectivity index (χ4n) is 2.91. The molecule has 2 atom stereocenters. The van der Waals surface area contributed by atoms with Gasteiger partial charge in [-0.05, 0) is 42.0 Å². The van der Waals surface area contributed by atoms with Gasteiger partial charge in [0.15, 0.2) is 6.10 Å². The lowest BCUT2D eigenvalue weighted by Gasteiger charge is -2.36. The molecular formula is C20H29BrN2O5. The number of ether oxygens (including phenoxy) is 1. The molecule has 2 amide bonds. The number of carbonyl (C=O) groups excluding carboxylic acids is 2. The zero-order chi connectivity index (χ0) is 21.6. The molecule has 0 spiro atoms. The number of likely N-dealkylation sites (N-methyl/N-ethyl adjacent to an activating group) is 1. The molecular weight excluding hydrogens is 428 g/mol. The molecule has 0 radical (unpaired) electrons. The van der Waals surface area contributed by atoms with E-state index in [0.717, 1.165) is 9.37 Å². The van der Waals surface area contributed by atoms with E-state index < -0.39 is 35.5 Å². The quantitative estimate of drug-likeness (QED) is 0.634. The average Bonchev–Trinajstić information content (AvgIpc) is 2.53. The molecule has 0 aromatic heterocycles. The Morgan fingerprint density at radius 1 is 1.18 bits per heavy atom. The predicted molar refractivity (Wildman–Crippen MR) is 111 cm³/mol. The lowest BCUT2D eigenvalue weighted by molar-refractivity contribution is -0.157. The summed E-state index contributed by atoms with van der Waals surface area (Å²) in [5, 5.41) is 12.2. The Labute approximate surface area is 174 Å². The van der Waals surface area contributed by atoms with E-state index in [9.17, 15) is 19.5 Å². The van der Waals surface area contributed by atoms with E-state index in [1.165, 1.54) is 7.05 Å². The molecule has 2 N–H and O–H groups in total. The number of rotatable bonds is 7. The van der Waals surface area contributed by atoms with Crippen molar-refractivity contribution in [3.05, 3.63) is 28.7 Å². The molecule has 1 unspecified atom stereocenters. The van der Waals surface area contributed by atoms with Crippen LogP contribution in [0.1, 0.15) is 41.0 Å². The summed E-state index contributed by atoms with van der Waals surface area (Å²) in [4.78, 5) is 38.1. The standard InChI is InChI=1S/C20H29BrN2O5/c1-12(2)11-15(17(24)23(6)16(18(25)26)20(3,4)5)28-19(27)22-14-9-7-13(21)8-10-14/h7-10,12,15-16H,11H2,1-6H3,(H,22,27)(H,25,26)/t15-,16?/m0/s1. The van der Waals surface area contributed by atoms with Crippen molar-refractivity contribution in [3.8, 4) is 0 Å². The van der Waals surface area contributed by atoms with Gasteiger partial charge >= 0.3 is 12.1 Å². The van der Waals surface area contributed by atoms with Gasteiger partial charge in [-0.15, -0.1) is 0 Å². The van der Waals surface area contributed by atoms with E-state index in [2.05, 4.69) is 21.2 Å². The number of halogens is 1. The highest BCUT2D eigenvalue weighted by Crippen LogP contribution is 2.25. The average molecular weight is 457 g/mol. The maximum absolute atomic E-state index is 13.0. The highest BCUT2D eigenvalue weighted by atomic mass is 79.9. The molecule has 156 valence electrons. The van der Waals surface area contributed by atoms with Gasteiger partial charge in [0.05, 0.1) is 0 Å². The minimum absolute atomic E-state index is 0.0701. The Bertz CT molecular complexity index is 698. The van der Waals surface area contributed by atoms with Crippen LogP contribution in [-0.4, -0.2) is 47.2 Å². The molecule has 0 heterocycles. The van der Waals surface area contributed by atoms with Crippen LogP contribution in [0.25, 0.3) is 0 Å². The predicted octanol–water partition coefficient (Wildman–Crippen LogP) is 4.37. The number of nitrogens with one attached hydrogen (secondary N) is 1. The van der Waals surface area contributed by atoms with Crippen LogP contribution in [0, 0.1) is 11.3 Å². The summed E-state index contributed by atoms with van der Waals surface area (Å²) in [6.45, 7) is 9.03. The summed E-state index contributed by atoms with van der Waals surface area (Å²) in [5.41, 5.74) is -0.159. The number of carbonyl (C=O) groups is 3. The van der Waals surface area contributed by atoms with E-state index >= 15 is 0 Å². The van der Waals surface area contributed by atoms with E-state index in [1.54, 1.807) is 45.0 Å². The summed E-state index contributed by atoms with van der Waals surface area (Å²) < 4.78 is 6.24. The normalized spacial score (nSPS) is 13.6. The third-order valence-electron chi connectivity index (χ3n) is 4.09. The number of nitrogens with zero attached hydrogens (tertiary/aromatic N) is 1. The van der Waals surface area contributed by atoms with Gasteiger partial charge in [-0.2, -0.15) is 0 Å². The molecule has 0 fully saturated rings. The number of anilines is 1. The van der Waals surface area contributed by atoms with E-state index in [0.29, 0.717) is 5.69 Å². The minimum atomic E-state index is -1.11. The van der Waals surface area contributed by atoms with Crippen molar-refractivity contribution in [3.63, 3.8) is 0 Å². The van der Waals surface area contributed by atoms with Crippen molar-refractivity contribution in [2.24, 2.45) is 11.3 Å². The molecule has 0 aliphatic carbocycles. The first-order valence-corrected chi connectivity index (χ1v) is 9.85. The van der Waals surface area contributed by atoms with E-state index in [-0.39, 0.29) is 12.3 Å². The summed E-state index contributed by atoms with van der Waals surface area (Å²) >= 11 is 3.31. The van der Waals surface area contributed by atoms with Gasteiger partial charge in [-0.3, -0.25) is 10.1 Å². The van der Waals surface area contributed by atoms with Gasteiger partial charge in [-0.25, -0.2) is 9.59 Å². The Kier molecular flexibility index (Phi) is 8.48. The van der Waals surface area contributed by atoms with Crippen LogP contribution in [-0.2, 0) is 14.3 Å². The van der Waals surface area contributed by atoms with Crippen LogP contribution in [0.3, 0.4) is 0 Å². The smallest absolute Gasteiger partial charge is 0.412 e. The fourth-order valence-corrected chi connectivity index (χ4v) is 3.17. The van der Waals surface area contributed by atoms with Crippen LogP contribution in [0.5, 0.6) is 0 Å². The summed E-state index contributed by atoms with van der Waals surface area (Å²) in [7, 11) is 1.43. The first-order chi connectivity index (χ1) is 12.8. The summed E-state index contributed by atoms with van der Waals surface area (Å²) in [6, 6.07) is 5.86. The first-order valence-electron chi connectivity index (χ1n) is 9.05. The number of hydrogen-bond donors (Lipinski definition) is 2. The molecule has 0 saturated carbocycles. The van der Waals surface area contributed by atoms with Gasteiger partial charge in [0.1, 0.15) is 6.04 Å². The summed E-state index contributed by atoms with van der Waals surface area (Å²) in [6.07, 6.45) is -1.56. The van der Waals surface area contributed by atoms with E-state index in [4.69, 9.17) is 4.74 Å². The van der Waals surface area contributed by atoms with Crippen LogP contribution in [0.15, 0.2) is 28.7 Å². The number of carboxylic acids is 1.